The molecular formula is C22H20N6O2. The average Bonchev–Trinajstić information content (AvgIpc) is 3.25. The summed E-state index contributed by atoms with van der Waals surface area (Å²) in [5.74, 6) is 0.912. The normalized spacial score (nSPS) is 11.5. The molecule has 1 aromatic heterocycles. The van der Waals surface area contributed by atoms with Crippen LogP contribution in [0.25, 0.3) is 22.2 Å². The third kappa shape index (κ3) is 4.02. The molecule has 1 N–H and O–H groups in total. The summed E-state index contributed by atoms with van der Waals surface area (Å²) < 4.78 is 5.43. The molecule has 0 atom stereocenters. The molecule has 0 saturated heterocycles. The second-order valence-corrected chi connectivity index (χ2v) is 6.60. The first-order valence-corrected chi connectivity index (χ1v) is 9.38. The highest BCUT2D eigenvalue weighted by Gasteiger charge is 2.11. The summed E-state index contributed by atoms with van der Waals surface area (Å²) in [7, 11) is 1.64. The zero-order valence-electron chi connectivity index (χ0n) is 16.6. The average molecular weight is 400 g/mol. The van der Waals surface area contributed by atoms with Crippen molar-refractivity contribution in [3.63, 3.8) is 0 Å². The van der Waals surface area contributed by atoms with Crippen molar-refractivity contribution in [3.8, 4) is 17.1 Å². The van der Waals surface area contributed by atoms with Crippen LogP contribution in [0.5, 0.6) is 5.75 Å². The van der Waals surface area contributed by atoms with Crippen molar-refractivity contribution < 1.29 is 9.53 Å². The summed E-state index contributed by atoms with van der Waals surface area (Å²) in [6, 6.07) is 21.2. The number of tetrazole rings is 1. The quantitative estimate of drug-likeness (QED) is 0.397. The number of nitrogens with zero attached hydrogens (tertiary/aromatic N) is 5. The molecule has 0 fully saturated rings. The van der Waals surface area contributed by atoms with Gasteiger partial charge in [-0.05, 0) is 29.7 Å². The largest absolute Gasteiger partial charge is 0.496 e. The highest BCUT2D eigenvalue weighted by Crippen LogP contribution is 2.28. The predicted molar refractivity (Wildman–Crippen MR) is 114 cm³/mol. The van der Waals surface area contributed by atoms with Crippen molar-refractivity contribution in [1.29, 1.82) is 0 Å². The van der Waals surface area contributed by atoms with Crippen LogP contribution in [0, 0.1) is 0 Å². The molecule has 0 aliphatic rings. The van der Waals surface area contributed by atoms with Crippen molar-refractivity contribution in [1.82, 2.24) is 25.6 Å². The number of benzene rings is 3. The van der Waals surface area contributed by atoms with Crippen LogP contribution in [0.15, 0.2) is 71.8 Å². The SMILES string of the molecule is COc1ccc(/C(C)=N\NC(=O)Cn2nnc(-c3ccccc3)n2)c2ccccc12. The fourth-order valence-electron chi connectivity index (χ4n) is 3.15. The summed E-state index contributed by atoms with van der Waals surface area (Å²) >= 11 is 0. The van der Waals surface area contributed by atoms with Crippen LogP contribution in [-0.2, 0) is 11.3 Å². The first-order chi connectivity index (χ1) is 14.7. The Labute approximate surface area is 173 Å². The molecule has 4 rings (SSSR count). The van der Waals surface area contributed by atoms with Crippen molar-refractivity contribution in [3.05, 3.63) is 72.3 Å². The van der Waals surface area contributed by atoms with Gasteiger partial charge in [0.25, 0.3) is 5.91 Å². The van der Waals surface area contributed by atoms with Crippen LogP contribution >= 0.6 is 0 Å². The zero-order valence-corrected chi connectivity index (χ0v) is 16.6. The van der Waals surface area contributed by atoms with Crippen molar-refractivity contribution in [2.45, 2.75) is 13.5 Å². The molecule has 0 saturated carbocycles. The Bertz CT molecular complexity index is 1220. The van der Waals surface area contributed by atoms with Gasteiger partial charge >= 0.3 is 0 Å². The van der Waals surface area contributed by atoms with Crippen LogP contribution < -0.4 is 10.2 Å². The predicted octanol–water partition coefficient (Wildman–Crippen LogP) is 3.04. The van der Waals surface area contributed by atoms with Crippen LogP contribution in [-0.4, -0.2) is 38.9 Å². The van der Waals surface area contributed by atoms with Gasteiger partial charge in [0.1, 0.15) is 12.3 Å². The number of carbonyl (C=O) groups is 1. The van der Waals surface area contributed by atoms with E-state index in [0.717, 1.165) is 27.6 Å². The van der Waals surface area contributed by atoms with Gasteiger partial charge in [-0.2, -0.15) is 9.90 Å². The molecule has 1 heterocycles. The number of methoxy groups -OCH3 is 1. The van der Waals surface area contributed by atoms with E-state index >= 15 is 0 Å². The number of hydrazone groups is 1. The highest BCUT2D eigenvalue weighted by atomic mass is 16.5. The van der Waals surface area contributed by atoms with Crippen LogP contribution in [0.2, 0.25) is 0 Å². The lowest BCUT2D eigenvalue weighted by Crippen LogP contribution is -2.25. The first-order valence-electron chi connectivity index (χ1n) is 9.38. The number of ether oxygens (including phenoxy) is 1. The number of hydrogen-bond donors (Lipinski definition) is 1. The lowest BCUT2D eigenvalue weighted by Gasteiger charge is -2.10. The second-order valence-electron chi connectivity index (χ2n) is 6.60. The number of rotatable bonds is 6. The summed E-state index contributed by atoms with van der Waals surface area (Å²) in [5, 5.41) is 18.4. The Hall–Kier alpha value is -4.07. The number of hydrogen-bond acceptors (Lipinski definition) is 6. The van der Waals surface area contributed by atoms with Crippen molar-refractivity contribution >= 4 is 22.4 Å². The van der Waals surface area contributed by atoms with Crippen molar-refractivity contribution in [2.75, 3.05) is 7.11 Å². The van der Waals surface area contributed by atoms with Crippen LogP contribution in [0.4, 0.5) is 0 Å². The molecule has 4 aromatic rings. The minimum absolute atomic E-state index is 0.0834. The Balaban J connectivity index is 1.47. The van der Waals surface area contributed by atoms with Gasteiger partial charge < -0.3 is 4.74 Å². The summed E-state index contributed by atoms with van der Waals surface area (Å²) in [6.07, 6.45) is 0. The van der Waals surface area contributed by atoms with Gasteiger partial charge in [0.2, 0.25) is 5.82 Å². The van der Waals surface area contributed by atoms with E-state index in [0.29, 0.717) is 11.5 Å². The molecule has 30 heavy (non-hydrogen) atoms. The van der Waals surface area contributed by atoms with Crippen LogP contribution in [0.1, 0.15) is 12.5 Å². The molecule has 0 aliphatic carbocycles. The first kappa shape index (κ1) is 19.3. The fraction of sp³-hybridized carbons (Fsp3) is 0.136. The van der Waals surface area contributed by atoms with Gasteiger partial charge in [-0.3, -0.25) is 4.79 Å². The number of nitrogens with one attached hydrogen (secondary N) is 1. The maximum absolute atomic E-state index is 12.3. The molecular weight excluding hydrogens is 380 g/mol. The zero-order chi connectivity index (χ0) is 20.9. The Morgan fingerprint density at radius 1 is 1.03 bits per heavy atom. The molecule has 0 spiro atoms. The fourth-order valence-corrected chi connectivity index (χ4v) is 3.15. The lowest BCUT2D eigenvalue weighted by molar-refractivity contribution is -0.122. The number of fused-ring (bicyclic) bond motifs is 1. The molecule has 8 nitrogen and oxygen atoms in total. The van der Waals surface area contributed by atoms with Crippen LogP contribution in [0.3, 0.4) is 0 Å². The van der Waals surface area contributed by atoms with E-state index in [1.807, 2.05) is 73.7 Å². The van der Waals surface area contributed by atoms with Gasteiger partial charge in [-0.25, -0.2) is 5.43 Å². The Morgan fingerprint density at radius 3 is 2.53 bits per heavy atom. The topological polar surface area (TPSA) is 94.3 Å². The van der Waals surface area contributed by atoms with Gasteiger partial charge in [0, 0.05) is 16.5 Å². The van der Waals surface area contributed by atoms with E-state index in [1.54, 1.807) is 7.11 Å². The molecule has 0 radical (unpaired) electrons. The monoisotopic (exact) mass is 400 g/mol. The van der Waals surface area contributed by atoms with E-state index in [2.05, 4.69) is 25.9 Å². The van der Waals surface area contributed by atoms with E-state index < -0.39 is 0 Å². The molecule has 1 amide bonds. The Morgan fingerprint density at radius 2 is 1.77 bits per heavy atom. The summed E-state index contributed by atoms with van der Waals surface area (Å²) in [4.78, 5) is 13.5. The summed E-state index contributed by atoms with van der Waals surface area (Å²) in [6.45, 7) is 1.76. The molecule has 0 unspecified atom stereocenters. The molecule has 150 valence electrons. The summed E-state index contributed by atoms with van der Waals surface area (Å²) in [5.41, 5.74) is 4.99. The molecule has 8 heteroatoms. The van der Waals surface area contributed by atoms with Gasteiger partial charge in [-0.15, -0.1) is 10.2 Å². The third-order valence-electron chi connectivity index (χ3n) is 4.61. The number of amides is 1. The van der Waals surface area contributed by atoms with Gasteiger partial charge in [0.15, 0.2) is 0 Å². The van der Waals surface area contributed by atoms with Gasteiger partial charge in [0.05, 0.1) is 12.8 Å². The third-order valence-corrected chi connectivity index (χ3v) is 4.61. The van der Waals surface area contributed by atoms with Gasteiger partial charge in [-0.1, -0.05) is 54.6 Å². The maximum Gasteiger partial charge on any atom is 0.263 e. The lowest BCUT2D eigenvalue weighted by atomic mass is 10.0. The minimum atomic E-state index is -0.343. The molecule has 0 aliphatic heterocycles. The van der Waals surface area contributed by atoms with E-state index in [4.69, 9.17) is 4.74 Å². The highest BCUT2D eigenvalue weighted by molar-refractivity contribution is 6.11. The van der Waals surface area contributed by atoms with Crippen molar-refractivity contribution in [2.24, 2.45) is 5.10 Å². The number of carbonyl (C=O) groups excluding carboxylic acids is 1. The smallest absolute Gasteiger partial charge is 0.263 e. The Kier molecular flexibility index (Phi) is 5.47. The number of aromatic nitrogens is 4. The minimum Gasteiger partial charge on any atom is -0.496 e. The molecule has 0 bridgehead atoms. The van der Waals surface area contributed by atoms with E-state index in [-0.39, 0.29) is 12.5 Å². The van der Waals surface area contributed by atoms with E-state index in [9.17, 15) is 4.79 Å². The standard InChI is InChI=1S/C22H20N6O2/c1-15(17-12-13-20(30-2)19-11-7-6-10-18(17)19)23-24-21(29)14-28-26-22(25-27-28)16-8-4-3-5-9-16/h3-13H,14H2,1-2H3,(H,24,29)/b23-15-. The second kappa shape index (κ2) is 8.52. The molecule has 3 aromatic carbocycles. The maximum atomic E-state index is 12.3. The van der Waals surface area contributed by atoms with E-state index in [1.165, 1.54) is 4.80 Å².